The lowest BCUT2D eigenvalue weighted by Gasteiger charge is -2.09. The first kappa shape index (κ1) is 12.9. The van der Waals surface area contributed by atoms with E-state index in [-0.39, 0.29) is 0 Å². The molecular formula is C20H20. The van der Waals surface area contributed by atoms with Crippen LogP contribution in [0, 0.1) is 0 Å². The molecule has 0 atom stereocenters. The maximum absolute atomic E-state index is 2.36. The van der Waals surface area contributed by atoms with Crippen LogP contribution in [0.5, 0.6) is 0 Å². The highest BCUT2D eigenvalue weighted by Gasteiger charge is 2.02. The van der Waals surface area contributed by atoms with E-state index in [1.807, 2.05) is 0 Å². The smallest absolute Gasteiger partial charge is 0.00257 e. The van der Waals surface area contributed by atoms with Crippen molar-refractivity contribution in [3.63, 3.8) is 0 Å². The van der Waals surface area contributed by atoms with Crippen molar-refractivity contribution in [1.82, 2.24) is 0 Å². The van der Waals surface area contributed by atoms with Crippen LogP contribution in [-0.2, 0) is 12.8 Å². The lowest BCUT2D eigenvalue weighted by Crippen LogP contribution is -1.94. The van der Waals surface area contributed by atoms with Crippen LogP contribution in [0.3, 0.4) is 0 Å². The van der Waals surface area contributed by atoms with Crippen molar-refractivity contribution in [3.05, 3.63) is 95.1 Å². The van der Waals surface area contributed by atoms with E-state index in [4.69, 9.17) is 0 Å². The minimum atomic E-state index is 1.02. The SMILES string of the molecule is C1=CC(Cc2cccc(Cc3ccccc3)c2)=CCC1. The van der Waals surface area contributed by atoms with Gasteiger partial charge in [-0.15, -0.1) is 0 Å². The summed E-state index contributed by atoms with van der Waals surface area (Å²) in [6, 6.07) is 19.7. The number of hydrogen-bond donors (Lipinski definition) is 0. The molecule has 0 bridgehead atoms. The van der Waals surface area contributed by atoms with Crippen molar-refractivity contribution in [2.75, 3.05) is 0 Å². The normalized spacial score (nSPS) is 14.1. The Bertz CT molecular complexity index is 617. The molecule has 2 aromatic carbocycles. The van der Waals surface area contributed by atoms with Gasteiger partial charge in [-0.2, -0.15) is 0 Å². The minimum Gasteiger partial charge on any atom is -0.0840 e. The first-order valence-electron chi connectivity index (χ1n) is 7.37. The molecule has 0 saturated carbocycles. The molecule has 0 amide bonds. The monoisotopic (exact) mass is 260 g/mol. The zero-order valence-corrected chi connectivity index (χ0v) is 11.8. The summed E-state index contributed by atoms with van der Waals surface area (Å²) in [5, 5.41) is 0. The van der Waals surface area contributed by atoms with E-state index < -0.39 is 0 Å². The third-order valence-electron chi connectivity index (χ3n) is 3.72. The molecule has 0 unspecified atom stereocenters. The van der Waals surface area contributed by atoms with Gasteiger partial charge < -0.3 is 0 Å². The fraction of sp³-hybridized carbons (Fsp3) is 0.200. The lowest BCUT2D eigenvalue weighted by atomic mass is 9.97. The van der Waals surface area contributed by atoms with E-state index >= 15 is 0 Å². The van der Waals surface area contributed by atoms with Gasteiger partial charge in [0.2, 0.25) is 0 Å². The summed E-state index contributed by atoms with van der Waals surface area (Å²) >= 11 is 0. The minimum absolute atomic E-state index is 1.02. The molecule has 0 nitrogen and oxygen atoms in total. The van der Waals surface area contributed by atoms with Gasteiger partial charge in [-0.3, -0.25) is 0 Å². The Morgan fingerprint density at radius 3 is 2.20 bits per heavy atom. The zero-order chi connectivity index (χ0) is 13.6. The van der Waals surface area contributed by atoms with E-state index in [1.54, 1.807) is 0 Å². The van der Waals surface area contributed by atoms with E-state index in [2.05, 4.69) is 72.8 Å². The molecule has 1 aliphatic carbocycles. The van der Waals surface area contributed by atoms with Gasteiger partial charge in [0, 0.05) is 0 Å². The molecule has 0 radical (unpaired) electrons. The summed E-state index contributed by atoms with van der Waals surface area (Å²) in [7, 11) is 0. The van der Waals surface area contributed by atoms with Crippen LogP contribution in [-0.4, -0.2) is 0 Å². The Balaban J connectivity index is 1.73. The zero-order valence-electron chi connectivity index (χ0n) is 11.8. The molecule has 0 aliphatic heterocycles. The Labute approximate surface area is 121 Å². The van der Waals surface area contributed by atoms with E-state index in [1.165, 1.54) is 35.1 Å². The van der Waals surface area contributed by atoms with Crippen molar-refractivity contribution >= 4 is 0 Å². The average Bonchev–Trinajstić information content (AvgIpc) is 2.50. The second-order valence-corrected chi connectivity index (χ2v) is 5.42. The van der Waals surface area contributed by atoms with E-state index in [0.717, 1.165) is 12.8 Å². The van der Waals surface area contributed by atoms with Crippen LogP contribution in [0.25, 0.3) is 0 Å². The Morgan fingerprint density at radius 2 is 1.45 bits per heavy atom. The van der Waals surface area contributed by atoms with Crippen LogP contribution in [0.4, 0.5) is 0 Å². The summed E-state index contributed by atoms with van der Waals surface area (Å²) < 4.78 is 0. The molecule has 20 heavy (non-hydrogen) atoms. The predicted octanol–water partition coefficient (Wildman–Crippen LogP) is 5.10. The maximum atomic E-state index is 2.36. The highest BCUT2D eigenvalue weighted by Crippen LogP contribution is 2.17. The average molecular weight is 260 g/mol. The van der Waals surface area contributed by atoms with Gasteiger partial charge in [0.25, 0.3) is 0 Å². The standard InChI is InChI=1S/C20H20/c1-3-8-17(9-4-1)14-19-12-7-13-20(16-19)15-18-10-5-2-6-11-18/h1,3-5,7-13,16H,2,6,14-15H2. The molecule has 100 valence electrons. The van der Waals surface area contributed by atoms with Crippen molar-refractivity contribution in [2.45, 2.75) is 25.7 Å². The Kier molecular flexibility index (Phi) is 4.13. The van der Waals surface area contributed by atoms with Gasteiger partial charge in [0.15, 0.2) is 0 Å². The van der Waals surface area contributed by atoms with Crippen LogP contribution in [0.1, 0.15) is 29.5 Å². The molecule has 2 aromatic rings. The van der Waals surface area contributed by atoms with Gasteiger partial charge in [0.1, 0.15) is 0 Å². The molecule has 0 spiro atoms. The molecule has 0 heterocycles. The predicted molar refractivity (Wildman–Crippen MR) is 85.9 cm³/mol. The third-order valence-corrected chi connectivity index (χ3v) is 3.72. The fourth-order valence-corrected chi connectivity index (χ4v) is 2.72. The summed E-state index contributed by atoms with van der Waals surface area (Å²) in [4.78, 5) is 0. The number of hydrogen-bond acceptors (Lipinski definition) is 0. The maximum Gasteiger partial charge on any atom is -0.00257 e. The molecule has 0 saturated heterocycles. The molecule has 0 aromatic heterocycles. The summed E-state index contributed by atoms with van der Waals surface area (Å²) in [5.41, 5.74) is 5.64. The summed E-state index contributed by atoms with van der Waals surface area (Å²) in [6.45, 7) is 0. The van der Waals surface area contributed by atoms with Crippen LogP contribution < -0.4 is 0 Å². The largest absolute Gasteiger partial charge is 0.0840 e. The Hall–Kier alpha value is -2.08. The van der Waals surface area contributed by atoms with Crippen molar-refractivity contribution < 1.29 is 0 Å². The van der Waals surface area contributed by atoms with Gasteiger partial charge in [-0.1, -0.05) is 72.8 Å². The summed E-state index contributed by atoms with van der Waals surface area (Å²) in [5.74, 6) is 0. The van der Waals surface area contributed by atoms with Gasteiger partial charge >= 0.3 is 0 Å². The van der Waals surface area contributed by atoms with Crippen LogP contribution in [0.2, 0.25) is 0 Å². The second kappa shape index (κ2) is 6.38. The molecular weight excluding hydrogens is 240 g/mol. The second-order valence-electron chi connectivity index (χ2n) is 5.42. The van der Waals surface area contributed by atoms with Gasteiger partial charge in [0.05, 0.1) is 0 Å². The van der Waals surface area contributed by atoms with E-state index in [9.17, 15) is 0 Å². The molecule has 0 fully saturated rings. The third kappa shape index (κ3) is 3.48. The Morgan fingerprint density at radius 1 is 0.700 bits per heavy atom. The quantitative estimate of drug-likeness (QED) is 0.717. The summed E-state index contributed by atoms with van der Waals surface area (Å²) in [6.07, 6.45) is 11.4. The van der Waals surface area contributed by atoms with E-state index in [0.29, 0.717) is 0 Å². The lowest BCUT2D eigenvalue weighted by molar-refractivity contribution is 0.993. The highest BCUT2D eigenvalue weighted by molar-refractivity contribution is 5.34. The van der Waals surface area contributed by atoms with Crippen molar-refractivity contribution in [1.29, 1.82) is 0 Å². The van der Waals surface area contributed by atoms with Gasteiger partial charge in [-0.25, -0.2) is 0 Å². The number of rotatable bonds is 4. The fourth-order valence-electron chi connectivity index (χ4n) is 2.72. The van der Waals surface area contributed by atoms with Crippen molar-refractivity contribution in [2.24, 2.45) is 0 Å². The molecule has 0 N–H and O–H groups in total. The highest BCUT2D eigenvalue weighted by atomic mass is 14.1. The molecule has 3 rings (SSSR count). The van der Waals surface area contributed by atoms with Crippen LogP contribution >= 0.6 is 0 Å². The van der Waals surface area contributed by atoms with Crippen LogP contribution in [0.15, 0.2) is 78.4 Å². The first-order valence-corrected chi connectivity index (χ1v) is 7.37. The van der Waals surface area contributed by atoms with Crippen molar-refractivity contribution in [3.8, 4) is 0 Å². The first-order chi connectivity index (χ1) is 9.90. The number of allylic oxidation sites excluding steroid dienone is 4. The molecule has 0 heteroatoms. The molecule has 1 aliphatic rings. The number of benzene rings is 2. The topological polar surface area (TPSA) is 0 Å². The van der Waals surface area contributed by atoms with Gasteiger partial charge in [-0.05, 0) is 47.9 Å².